The van der Waals surface area contributed by atoms with Gasteiger partial charge in [-0.05, 0) is 47.5 Å². The molecule has 0 aromatic heterocycles. The first kappa shape index (κ1) is 27.9. The fraction of sp³-hybridized carbons (Fsp3) is 0.192. The van der Waals surface area contributed by atoms with Gasteiger partial charge < -0.3 is 25.6 Å². The van der Waals surface area contributed by atoms with E-state index in [1.165, 1.54) is 19.2 Å². The molecule has 2 amide bonds. The van der Waals surface area contributed by atoms with Gasteiger partial charge in [-0.3, -0.25) is 9.59 Å². The Balaban J connectivity index is 0.00000432. The number of amides is 2. The number of carbonyl (C=O) groups is 3. The summed E-state index contributed by atoms with van der Waals surface area (Å²) in [5.41, 5.74) is 1.78. The summed E-state index contributed by atoms with van der Waals surface area (Å²) in [4.78, 5) is 37.8. The van der Waals surface area contributed by atoms with Gasteiger partial charge in [0.25, 0.3) is 5.91 Å². The summed E-state index contributed by atoms with van der Waals surface area (Å²) < 4.78 is 5.10. The standard InChI is InChI=1S/C26H26N2O6.Na.H/c1-34-21-13-9-19(10-14-21)24(30)27-22(15-17-5-3-2-4-6-17)25(31)28-23(26(32)33)16-18-7-11-20(29)12-8-18;;/h2-14,22-23,29H,15-16H2,1H3,(H,27,30)(H,28,31)(H,32,33);;. The monoisotopic (exact) mass is 486 g/mol. The first-order valence-electron chi connectivity index (χ1n) is 10.7. The molecule has 3 rings (SSSR count). The number of rotatable bonds is 10. The van der Waals surface area contributed by atoms with E-state index in [2.05, 4.69) is 10.6 Å². The second kappa shape index (κ2) is 13.5. The van der Waals surface area contributed by atoms with E-state index in [1.54, 1.807) is 36.4 Å². The molecule has 0 saturated heterocycles. The Morgan fingerprint density at radius 1 is 0.800 bits per heavy atom. The van der Waals surface area contributed by atoms with Gasteiger partial charge in [-0.25, -0.2) is 4.79 Å². The van der Waals surface area contributed by atoms with Crippen molar-refractivity contribution in [1.82, 2.24) is 10.6 Å². The van der Waals surface area contributed by atoms with Gasteiger partial charge in [0.1, 0.15) is 23.6 Å². The molecule has 0 aliphatic rings. The van der Waals surface area contributed by atoms with E-state index in [-0.39, 0.29) is 48.1 Å². The van der Waals surface area contributed by atoms with Crippen molar-refractivity contribution >= 4 is 47.3 Å². The van der Waals surface area contributed by atoms with Crippen molar-refractivity contribution in [2.75, 3.05) is 7.11 Å². The predicted octanol–water partition coefficient (Wildman–Crippen LogP) is 1.91. The molecule has 0 fully saturated rings. The van der Waals surface area contributed by atoms with Gasteiger partial charge in [0, 0.05) is 18.4 Å². The molecule has 35 heavy (non-hydrogen) atoms. The van der Waals surface area contributed by atoms with Crippen LogP contribution in [0.2, 0.25) is 0 Å². The van der Waals surface area contributed by atoms with Gasteiger partial charge in [0.05, 0.1) is 7.11 Å². The molecule has 0 saturated carbocycles. The van der Waals surface area contributed by atoms with E-state index in [9.17, 15) is 24.6 Å². The first-order chi connectivity index (χ1) is 16.4. The van der Waals surface area contributed by atoms with E-state index >= 15 is 0 Å². The third-order valence-electron chi connectivity index (χ3n) is 5.25. The number of ether oxygens (including phenoxy) is 1. The third kappa shape index (κ3) is 8.43. The van der Waals surface area contributed by atoms with Crippen molar-refractivity contribution in [3.8, 4) is 11.5 Å². The molecule has 0 aliphatic carbocycles. The van der Waals surface area contributed by atoms with E-state index in [4.69, 9.17) is 4.74 Å². The molecule has 3 aromatic rings. The first-order valence-corrected chi connectivity index (χ1v) is 10.7. The van der Waals surface area contributed by atoms with Crippen LogP contribution in [-0.2, 0) is 22.4 Å². The van der Waals surface area contributed by atoms with Gasteiger partial charge >= 0.3 is 35.5 Å². The summed E-state index contributed by atoms with van der Waals surface area (Å²) in [7, 11) is 1.52. The minimum atomic E-state index is -1.21. The molecule has 0 heterocycles. The number of carboxylic acids is 1. The molecule has 3 aromatic carbocycles. The van der Waals surface area contributed by atoms with Crippen LogP contribution in [0.5, 0.6) is 11.5 Å². The molecule has 0 spiro atoms. The second-order valence-corrected chi connectivity index (χ2v) is 7.71. The van der Waals surface area contributed by atoms with E-state index < -0.39 is 29.9 Å². The topological polar surface area (TPSA) is 125 Å². The van der Waals surface area contributed by atoms with Crippen LogP contribution in [0.15, 0.2) is 78.9 Å². The Morgan fingerprint density at radius 2 is 1.37 bits per heavy atom. The molecule has 0 radical (unpaired) electrons. The van der Waals surface area contributed by atoms with Crippen LogP contribution in [0, 0.1) is 0 Å². The molecule has 8 nitrogen and oxygen atoms in total. The normalized spacial score (nSPS) is 11.9. The number of phenolic OH excluding ortho intramolecular Hbond substituents is 1. The molecular formula is C26H27N2NaO6. The van der Waals surface area contributed by atoms with Crippen molar-refractivity contribution in [2.45, 2.75) is 24.9 Å². The Kier molecular flexibility index (Phi) is 10.8. The van der Waals surface area contributed by atoms with Crippen LogP contribution >= 0.6 is 0 Å². The molecule has 2 unspecified atom stereocenters. The Bertz CT molecular complexity index is 1120. The van der Waals surface area contributed by atoms with Crippen LogP contribution in [0.1, 0.15) is 21.5 Å². The van der Waals surface area contributed by atoms with Gasteiger partial charge in [-0.2, -0.15) is 0 Å². The summed E-state index contributed by atoms with van der Waals surface area (Å²) in [6.45, 7) is 0. The molecule has 178 valence electrons. The molecule has 9 heteroatoms. The minimum absolute atomic E-state index is 0. The Hall–Kier alpha value is -3.33. The molecule has 2 atom stereocenters. The van der Waals surface area contributed by atoms with Crippen LogP contribution in [-0.4, -0.2) is 76.7 Å². The number of aliphatic carboxylic acids is 1. The van der Waals surface area contributed by atoms with Gasteiger partial charge in [-0.1, -0.05) is 42.5 Å². The van der Waals surface area contributed by atoms with Crippen LogP contribution in [0.3, 0.4) is 0 Å². The Labute approximate surface area is 225 Å². The number of benzene rings is 3. The van der Waals surface area contributed by atoms with E-state index in [0.717, 1.165) is 5.56 Å². The number of methoxy groups -OCH3 is 1. The second-order valence-electron chi connectivity index (χ2n) is 7.71. The maximum absolute atomic E-state index is 13.1. The predicted molar refractivity (Wildman–Crippen MR) is 133 cm³/mol. The van der Waals surface area contributed by atoms with E-state index in [1.807, 2.05) is 30.3 Å². The van der Waals surface area contributed by atoms with Crippen LogP contribution in [0.4, 0.5) is 0 Å². The van der Waals surface area contributed by atoms with Crippen molar-refractivity contribution in [2.24, 2.45) is 0 Å². The number of carbonyl (C=O) groups excluding carboxylic acids is 2. The number of nitrogens with one attached hydrogen (secondary N) is 2. The number of aromatic hydroxyl groups is 1. The average Bonchev–Trinajstić information content (AvgIpc) is 2.85. The van der Waals surface area contributed by atoms with Crippen molar-refractivity contribution in [3.63, 3.8) is 0 Å². The number of hydrogen-bond donors (Lipinski definition) is 4. The zero-order valence-electron chi connectivity index (χ0n) is 18.6. The Morgan fingerprint density at radius 3 is 1.94 bits per heavy atom. The summed E-state index contributed by atoms with van der Waals surface area (Å²) in [5.74, 6) is -1.64. The SMILES string of the molecule is COc1ccc(C(=O)NC(Cc2ccccc2)C(=O)NC(Cc2ccc(O)cc2)C(=O)O)cc1.[NaH]. The molecule has 4 N–H and O–H groups in total. The van der Waals surface area contributed by atoms with Crippen LogP contribution in [0.25, 0.3) is 0 Å². The summed E-state index contributed by atoms with van der Waals surface area (Å²) in [6.07, 6.45) is 0.200. The maximum atomic E-state index is 13.1. The van der Waals surface area contributed by atoms with Crippen molar-refractivity contribution < 1.29 is 29.3 Å². The third-order valence-corrected chi connectivity index (χ3v) is 5.25. The van der Waals surface area contributed by atoms with Gasteiger partial charge in [0.15, 0.2) is 0 Å². The molecule has 0 bridgehead atoms. The molecule has 0 aliphatic heterocycles. The number of phenols is 1. The van der Waals surface area contributed by atoms with E-state index in [0.29, 0.717) is 16.9 Å². The summed E-state index contributed by atoms with van der Waals surface area (Å²) in [5, 5.41) is 24.3. The quantitative estimate of drug-likeness (QED) is 0.325. The fourth-order valence-corrected chi connectivity index (χ4v) is 3.38. The average molecular weight is 487 g/mol. The fourth-order valence-electron chi connectivity index (χ4n) is 3.38. The van der Waals surface area contributed by atoms with Crippen molar-refractivity contribution in [1.29, 1.82) is 0 Å². The zero-order chi connectivity index (χ0) is 24.5. The van der Waals surface area contributed by atoms with Gasteiger partial charge in [-0.15, -0.1) is 0 Å². The van der Waals surface area contributed by atoms with Crippen LogP contribution < -0.4 is 15.4 Å². The zero-order valence-corrected chi connectivity index (χ0v) is 18.6. The van der Waals surface area contributed by atoms with Crippen molar-refractivity contribution in [3.05, 3.63) is 95.6 Å². The number of carboxylic acid groups (broad SMARTS) is 1. The summed E-state index contributed by atoms with van der Waals surface area (Å²) >= 11 is 0. The number of hydrogen-bond acceptors (Lipinski definition) is 5. The summed E-state index contributed by atoms with van der Waals surface area (Å²) in [6, 6.07) is 19.4. The van der Waals surface area contributed by atoms with Gasteiger partial charge in [0.2, 0.25) is 5.91 Å². The molecular weight excluding hydrogens is 459 g/mol.